The second-order valence-corrected chi connectivity index (χ2v) is 15.2. The summed E-state index contributed by atoms with van der Waals surface area (Å²) in [6, 6.07) is 10.0. The summed E-state index contributed by atoms with van der Waals surface area (Å²) < 4.78 is 24.9. The highest BCUT2D eigenvalue weighted by molar-refractivity contribution is 7.81. The molecule has 0 N–H and O–H groups in total. The van der Waals surface area contributed by atoms with Crippen LogP contribution in [0.5, 0.6) is 0 Å². The second-order valence-electron chi connectivity index (χ2n) is 14.0. The van der Waals surface area contributed by atoms with Crippen molar-refractivity contribution in [3.63, 3.8) is 0 Å². The van der Waals surface area contributed by atoms with Crippen LogP contribution in [0.4, 0.5) is 9.18 Å². The van der Waals surface area contributed by atoms with E-state index in [-0.39, 0.29) is 28.3 Å². The fourth-order valence-electron chi connectivity index (χ4n) is 6.92. The Hall–Kier alpha value is -1.24. The van der Waals surface area contributed by atoms with Gasteiger partial charge in [-0.3, -0.25) is 0 Å². The predicted molar refractivity (Wildman–Crippen MR) is 187 cm³/mol. The summed E-state index contributed by atoms with van der Waals surface area (Å²) in [6.45, 7) is 20.6. The number of hydrogen-bond acceptors (Lipinski definition) is 5. The first-order chi connectivity index (χ1) is 20.2. The van der Waals surface area contributed by atoms with Crippen LogP contribution in [0.15, 0.2) is 54.1 Å². The maximum absolute atomic E-state index is 13.5. The molecule has 1 aromatic carbocycles. The van der Waals surface area contributed by atoms with E-state index in [1.165, 1.54) is 12.0 Å². The van der Waals surface area contributed by atoms with Crippen LogP contribution < -0.4 is 0 Å². The molecule has 1 aliphatic rings. The quantitative estimate of drug-likeness (QED) is 0.108. The molecule has 244 valence electrons. The number of carbonyl (C=O) groups is 1. The van der Waals surface area contributed by atoms with E-state index >= 15 is 0 Å². The zero-order chi connectivity index (χ0) is 32.3. The molecule has 0 saturated carbocycles. The highest BCUT2D eigenvalue weighted by Gasteiger charge is 2.34. The van der Waals surface area contributed by atoms with Gasteiger partial charge in [-0.25, -0.2) is 4.79 Å². The van der Waals surface area contributed by atoms with Crippen LogP contribution in [-0.4, -0.2) is 35.5 Å². The molecular weight excluding hydrogens is 576 g/mol. The molecule has 2 rings (SSSR count). The standard InChI is InChI=1S/C37H59FO3S2/c1-23(20-33-27(5)19-25(3)22-40-33)15-16-26(4)35(42)29(7)17-24(2)18-30(8)36(43)31(9)34(41-37(38)39)28(6)21-32-13-11-10-12-14-32/h10-17,23,25-31,33-36,42-43H,18-22H2,1-9H3/b16-15-,24-17-/t23-,25-,26+,27-,28+,29+,30+,31-,33+,34+,35+,36-/m1/s1. The first-order valence-corrected chi connectivity index (χ1v) is 17.5. The topological polar surface area (TPSA) is 35.5 Å². The number of halogens is 1. The maximum Gasteiger partial charge on any atom is 0.495 e. The molecule has 0 spiro atoms. The number of thiol groups is 2. The summed E-state index contributed by atoms with van der Waals surface area (Å²) in [5.41, 5.74) is 2.44. The maximum atomic E-state index is 13.5. The zero-order valence-corrected chi connectivity index (χ0v) is 29.9. The minimum atomic E-state index is -1.72. The smallest absolute Gasteiger partial charge is 0.436 e. The molecule has 12 atom stereocenters. The van der Waals surface area contributed by atoms with Crippen molar-refractivity contribution in [1.82, 2.24) is 0 Å². The molecule has 0 unspecified atom stereocenters. The molecule has 0 bridgehead atoms. The van der Waals surface area contributed by atoms with Crippen molar-refractivity contribution < 1.29 is 18.7 Å². The molecule has 1 aliphatic heterocycles. The van der Waals surface area contributed by atoms with Gasteiger partial charge in [-0.05, 0) is 79.6 Å². The molecular formula is C37H59FO3S2. The van der Waals surface area contributed by atoms with Gasteiger partial charge < -0.3 is 9.47 Å². The molecule has 1 fully saturated rings. The van der Waals surface area contributed by atoms with Gasteiger partial charge >= 0.3 is 6.22 Å². The zero-order valence-electron chi connectivity index (χ0n) is 28.1. The number of allylic oxidation sites excluding steroid dienone is 4. The largest absolute Gasteiger partial charge is 0.495 e. The van der Waals surface area contributed by atoms with Gasteiger partial charge in [-0.2, -0.15) is 25.3 Å². The Labute approximate surface area is 273 Å². The Morgan fingerprint density at radius 1 is 1.00 bits per heavy atom. The third-order valence-electron chi connectivity index (χ3n) is 9.45. The Morgan fingerprint density at radius 3 is 2.26 bits per heavy atom. The van der Waals surface area contributed by atoms with Gasteiger partial charge in [-0.15, -0.1) is 4.39 Å². The Morgan fingerprint density at radius 2 is 1.65 bits per heavy atom. The van der Waals surface area contributed by atoms with Crippen LogP contribution >= 0.6 is 25.3 Å². The first-order valence-electron chi connectivity index (χ1n) is 16.4. The van der Waals surface area contributed by atoms with Gasteiger partial charge in [0.1, 0.15) is 6.10 Å². The molecule has 1 saturated heterocycles. The van der Waals surface area contributed by atoms with Crippen molar-refractivity contribution in [3.05, 3.63) is 59.7 Å². The lowest BCUT2D eigenvalue weighted by molar-refractivity contribution is -0.0540. The molecule has 6 heteroatoms. The number of ether oxygens (including phenoxy) is 2. The van der Waals surface area contributed by atoms with Crippen LogP contribution in [-0.2, 0) is 15.9 Å². The SMILES string of the molecule is C/C(=C/[C@H](C)[C@@H](S)[C@@H](C)/C=C\[C@@H](C)C[C@@H]1OC[C@H](C)C[C@H]1C)C[C@H](C)[C@@H](S)[C@H](C)[C@@H](OC(=O)F)[C@@H](C)Cc1ccccc1. The van der Waals surface area contributed by atoms with Crippen LogP contribution in [0.1, 0.15) is 87.1 Å². The van der Waals surface area contributed by atoms with Crippen molar-refractivity contribution >= 4 is 31.5 Å². The summed E-state index contributed by atoms with van der Waals surface area (Å²) >= 11 is 9.99. The monoisotopic (exact) mass is 634 g/mol. The van der Waals surface area contributed by atoms with Gasteiger partial charge in [0.2, 0.25) is 0 Å². The van der Waals surface area contributed by atoms with Crippen LogP contribution in [0.3, 0.4) is 0 Å². The van der Waals surface area contributed by atoms with Crippen molar-refractivity contribution in [2.75, 3.05) is 6.61 Å². The van der Waals surface area contributed by atoms with E-state index in [1.54, 1.807) is 0 Å². The minimum absolute atomic E-state index is 0.0416. The van der Waals surface area contributed by atoms with Gasteiger partial charge in [-0.1, -0.05) is 110 Å². The molecule has 1 heterocycles. The van der Waals surface area contributed by atoms with E-state index in [0.29, 0.717) is 42.1 Å². The molecule has 0 radical (unpaired) electrons. The highest BCUT2D eigenvalue weighted by Crippen LogP contribution is 2.34. The fraction of sp³-hybridized carbons (Fsp3) is 0.703. The Balaban J connectivity index is 1.93. The summed E-state index contributed by atoms with van der Waals surface area (Å²) in [4.78, 5) is 11.4. The van der Waals surface area contributed by atoms with E-state index in [1.807, 2.05) is 44.2 Å². The van der Waals surface area contributed by atoms with Gasteiger partial charge in [0.25, 0.3) is 0 Å². The van der Waals surface area contributed by atoms with Crippen molar-refractivity contribution in [2.45, 2.75) is 111 Å². The van der Waals surface area contributed by atoms with Crippen LogP contribution in [0.2, 0.25) is 0 Å². The molecule has 3 nitrogen and oxygen atoms in total. The lowest BCUT2D eigenvalue weighted by Crippen LogP contribution is -2.38. The summed E-state index contributed by atoms with van der Waals surface area (Å²) in [5, 5.41) is 0.146. The fourth-order valence-corrected chi connectivity index (χ4v) is 7.38. The normalized spacial score (nSPS) is 26.1. The van der Waals surface area contributed by atoms with Crippen LogP contribution in [0.25, 0.3) is 0 Å². The summed E-state index contributed by atoms with van der Waals surface area (Å²) in [6.07, 6.45) is 8.98. The predicted octanol–water partition coefficient (Wildman–Crippen LogP) is 10.5. The summed E-state index contributed by atoms with van der Waals surface area (Å²) in [5.74, 6) is 2.46. The Kier molecular flexibility index (Phi) is 16.5. The Bertz CT molecular complexity index is 1010. The van der Waals surface area contributed by atoms with E-state index in [4.69, 9.17) is 34.7 Å². The average Bonchev–Trinajstić information content (AvgIpc) is 2.95. The van der Waals surface area contributed by atoms with Crippen molar-refractivity contribution in [3.8, 4) is 0 Å². The van der Waals surface area contributed by atoms with Crippen molar-refractivity contribution in [1.29, 1.82) is 0 Å². The second kappa shape index (κ2) is 18.7. The van der Waals surface area contributed by atoms with Gasteiger partial charge in [0.15, 0.2) is 0 Å². The summed E-state index contributed by atoms with van der Waals surface area (Å²) in [7, 11) is 0. The van der Waals surface area contributed by atoms with E-state index in [2.05, 4.69) is 66.7 Å². The first kappa shape index (κ1) is 37.9. The molecule has 0 amide bonds. The molecule has 43 heavy (non-hydrogen) atoms. The number of rotatable bonds is 16. The van der Waals surface area contributed by atoms with Gasteiger partial charge in [0.05, 0.1) is 6.10 Å². The number of hydrogen-bond donors (Lipinski definition) is 2. The third-order valence-corrected chi connectivity index (χ3v) is 11.4. The number of carbonyl (C=O) groups excluding carboxylic acids is 1. The highest BCUT2D eigenvalue weighted by atomic mass is 32.1. The van der Waals surface area contributed by atoms with E-state index in [9.17, 15) is 9.18 Å². The molecule has 0 aromatic heterocycles. The lowest BCUT2D eigenvalue weighted by atomic mass is 9.81. The molecule has 0 aliphatic carbocycles. The number of benzene rings is 1. The minimum Gasteiger partial charge on any atom is -0.436 e. The lowest BCUT2D eigenvalue weighted by Gasteiger charge is -2.34. The third kappa shape index (κ3) is 13.0. The van der Waals surface area contributed by atoms with E-state index in [0.717, 1.165) is 25.0 Å². The van der Waals surface area contributed by atoms with E-state index < -0.39 is 12.3 Å². The van der Waals surface area contributed by atoms with Crippen molar-refractivity contribution in [2.24, 2.45) is 47.3 Å². The molecule has 1 aromatic rings. The van der Waals surface area contributed by atoms with Crippen LogP contribution in [0, 0.1) is 47.3 Å². The van der Waals surface area contributed by atoms with Gasteiger partial charge in [0, 0.05) is 23.0 Å². The average molecular weight is 635 g/mol.